The minimum Gasteiger partial charge on any atom is -0.0654 e. The van der Waals surface area contributed by atoms with Gasteiger partial charge in [0.15, 0.2) is 0 Å². The van der Waals surface area contributed by atoms with Crippen LogP contribution in [0.4, 0.5) is 0 Å². The standard InChI is InChI=1S/C22H28/c1-5-11-17-18-13-8-10-15-21(18)22(4,19(17)6-2)20-14-9-7-12-16(20)3/h7-10,12-15,17,19H,5-6,11H2,1-4H3. The summed E-state index contributed by atoms with van der Waals surface area (Å²) in [5.74, 6) is 1.40. The Balaban J connectivity index is 2.23. The molecule has 3 atom stereocenters. The predicted molar refractivity (Wildman–Crippen MR) is 95.5 cm³/mol. The van der Waals surface area contributed by atoms with Crippen LogP contribution in [0.2, 0.25) is 0 Å². The second-order valence-corrected chi connectivity index (χ2v) is 7.01. The van der Waals surface area contributed by atoms with Crippen LogP contribution in [-0.4, -0.2) is 0 Å². The average molecular weight is 292 g/mol. The van der Waals surface area contributed by atoms with Gasteiger partial charge in [-0.15, -0.1) is 0 Å². The second-order valence-electron chi connectivity index (χ2n) is 7.01. The quantitative estimate of drug-likeness (QED) is 0.627. The van der Waals surface area contributed by atoms with Gasteiger partial charge in [0.1, 0.15) is 0 Å². The maximum Gasteiger partial charge on any atom is 0.0214 e. The van der Waals surface area contributed by atoms with Gasteiger partial charge in [0.2, 0.25) is 0 Å². The average Bonchev–Trinajstić information content (AvgIpc) is 2.78. The molecule has 0 saturated heterocycles. The summed E-state index contributed by atoms with van der Waals surface area (Å²) in [5, 5.41) is 0. The Bertz CT molecular complexity index is 655. The first kappa shape index (κ1) is 15.3. The van der Waals surface area contributed by atoms with Gasteiger partial charge in [-0.1, -0.05) is 82.1 Å². The van der Waals surface area contributed by atoms with Crippen molar-refractivity contribution in [2.75, 3.05) is 0 Å². The summed E-state index contributed by atoms with van der Waals surface area (Å²) < 4.78 is 0. The maximum atomic E-state index is 2.48. The van der Waals surface area contributed by atoms with Crippen LogP contribution >= 0.6 is 0 Å². The van der Waals surface area contributed by atoms with Crippen molar-refractivity contribution in [1.29, 1.82) is 0 Å². The SMILES string of the molecule is CCCC1c2ccccc2C(C)(c2ccccc2C)C1CC. The Hall–Kier alpha value is -1.56. The van der Waals surface area contributed by atoms with E-state index in [-0.39, 0.29) is 5.41 Å². The molecule has 0 aliphatic heterocycles. The van der Waals surface area contributed by atoms with Crippen molar-refractivity contribution in [3.05, 3.63) is 70.8 Å². The van der Waals surface area contributed by atoms with E-state index in [0.717, 1.165) is 0 Å². The Labute approximate surface area is 135 Å². The summed E-state index contributed by atoms with van der Waals surface area (Å²) in [5.41, 5.74) is 6.26. The largest absolute Gasteiger partial charge is 0.0654 e. The van der Waals surface area contributed by atoms with Crippen molar-refractivity contribution >= 4 is 0 Å². The third kappa shape index (κ3) is 2.12. The van der Waals surface area contributed by atoms with Gasteiger partial charge in [-0.05, 0) is 47.4 Å². The van der Waals surface area contributed by atoms with E-state index < -0.39 is 0 Å². The lowest BCUT2D eigenvalue weighted by atomic mass is 9.67. The third-order valence-corrected chi connectivity index (χ3v) is 5.89. The van der Waals surface area contributed by atoms with Gasteiger partial charge in [-0.25, -0.2) is 0 Å². The van der Waals surface area contributed by atoms with E-state index in [4.69, 9.17) is 0 Å². The number of hydrogen-bond donors (Lipinski definition) is 0. The van der Waals surface area contributed by atoms with Gasteiger partial charge in [0.05, 0.1) is 0 Å². The molecule has 0 amide bonds. The number of fused-ring (bicyclic) bond motifs is 1. The molecule has 0 spiro atoms. The second kappa shape index (κ2) is 5.91. The lowest BCUT2D eigenvalue weighted by Crippen LogP contribution is -2.31. The van der Waals surface area contributed by atoms with Gasteiger partial charge in [-0.2, -0.15) is 0 Å². The minimum atomic E-state index is 0.149. The zero-order valence-corrected chi connectivity index (χ0v) is 14.4. The molecule has 0 aromatic heterocycles. The molecule has 3 rings (SSSR count). The van der Waals surface area contributed by atoms with Gasteiger partial charge in [0.25, 0.3) is 0 Å². The summed E-state index contributed by atoms with van der Waals surface area (Å²) in [4.78, 5) is 0. The molecular formula is C22H28. The molecular weight excluding hydrogens is 264 g/mol. The van der Waals surface area contributed by atoms with Crippen molar-refractivity contribution in [1.82, 2.24) is 0 Å². The number of aryl methyl sites for hydroxylation is 1. The monoisotopic (exact) mass is 292 g/mol. The van der Waals surface area contributed by atoms with Crippen LogP contribution in [0.1, 0.15) is 68.2 Å². The number of rotatable bonds is 4. The van der Waals surface area contributed by atoms with Crippen molar-refractivity contribution in [2.45, 2.75) is 58.3 Å². The molecule has 0 N–H and O–H groups in total. The van der Waals surface area contributed by atoms with Crippen LogP contribution in [-0.2, 0) is 5.41 Å². The first-order chi connectivity index (χ1) is 10.6. The highest BCUT2D eigenvalue weighted by atomic mass is 14.5. The van der Waals surface area contributed by atoms with Crippen LogP contribution in [0.15, 0.2) is 48.5 Å². The van der Waals surface area contributed by atoms with Crippen LogP contribution in [0.3, 0.4) is 0 Å². The van der Waals surface area contributed by atoms with E-state index in [1.807, 2.05) is 0 Å². The molecule has 2 aromatic rings. The van der Waals surface area contributed by atoms with E-state index in [2.05, 4.69) is 76.2 Å². The highest BCUT2D eigenvalue weighted by molar-refractivity contribution is 5.52. The molecule has 0 saturated carbocycles. The van der Waals surface area contributed by atoms with Crippen LogP contribution < -0.4 is 0 Å². The summed E-state index contributed by atoms with van der Waals surface area (Å²) >= 11 is 0. The lowest BCUT2D eigenvalue weighted by Gasteiger charge is -2.36. The molecule has 3 unspecified atom stereocenters. The Morgan fingerprint density at radius 1 is 0.909 bits per heavy atom. The molecule has 1 aliphatic carbocycles. The van der Waals surface area contributed by atoms with E-state index in [9.17, 15) is 0 Å². The molecule has 0 bridgehead atoms. The molecule has 0 fully saturated rings. The maximum absolute atomic E-state index is 2.48. The molecule has 0 radical (unpaired) electrons. The summed E-state index contributed by atoms with van der Waals surface area (Å²) in [6.45, 7) is 9.44. The van der Waals surface area contributed by atoms with Crippen molar-refractivity contribution in [3.8, 4) is 0 Å². The molecule has 2 aromatic carbocycles. The Kier molecular flexibility index (Phi) is 4.12. The van der Waals surface area contributed by atoms with Crippen LogP contribution in [0, 0.1) is 12.8 Å². The van der Waals surface area contributed by atoms with Gasteiger partial charge < -0.3 is 0 Å². The van der Waals surface area contributed by atoms with Gasteiger partial charge in [0, 0.05) is 5.41 Å². The minimum absolute atomic E-state index is 0.149. The lowest BCUT2D eigenvalue weighted by molar-refractivity contribution is 0.303. The zero-order valence-electron chi connectivity index (χ0n) is 14.4. The van der Waals surface area contributed by atoms with Crippen molar-refractivity contribution in [3.63, 3.8) is 0 Å². The Morgan fingerprint density at radius 3 is 2.18 bits per heavy atom. The first-order valence-electron chi connectivity index (χ1n) is 8.80. The van der Waals surface area contributed by atoms with Crippen LogP contribution in [0.5, 0.6) is 0 Å². The fourth-order valence-corrected chi connectivity index (χ4v) is 4.97. The highest BCUT2D eigenvalue weighted by Gasteiger charge is 2.48. The summed E-state index contributed by atoms with van der Waals surface area (Å²) in [6.07, 6.45) is 3.81. The fourth-order valence-electron chi connectivity index (χ4n) is 4.97. The van der Waals surface area contributed by atoms with Gasteiger partial charge in [-0.3, -0.25) is 0 Å². The molecule has 116 valence electrons. The van der Waals surface area contributed by atoms with Crippen LogP contribution in [0.25, 0.3) is 0 Å². The molecule has 1 aliphatic rings. The third-order valence-electron chi connectivity index (χ3n) is 5.89. The van der Waals surface area contributed by atoms with Crippen molar-refractivity contribution < 1.29 is 0 Å². The molecule has 22 heavy (non-hydrogen) atoms. The van der Waals surface area contributed by atoms with Crippen molar-refractivity contribution in [2.24, 2.45) is 5.92 Å². The predicted octanol–water partition coefficient (Wildman–Crippen LogP) is 6.22. The van der Waals surface area contributed by atoms with E-state index in [1.54, 1.807) is 11.1 Å². The Morgan fingerprint density at radius 2 is 1.55 bits per heavy atom. The zero-order chi connectivity index (χ0) is 15.7. The smallest absolute Gasteiger partial charge is 0.0214 e. The topological polar surface area (TPSA) is 0 Å². The molecule has 0 heterocycles. The normalized spacial score (nSPS) is 26.9. The summed E-state index contributed by atoms with van der Waals surface area (Å²) in [7, 11) is 0. The van der Waals surface area contributed by atoms with E-state index in [1.165, 1.54) is 30.4 Å². The summed E-state index contributed by atoms with van der Waals surface area (Å²) in [6, 6.07) is 18.2. The molecule has 0 heteroatoms. The molecule has 0 nitrogen and oxygen atoms in total. The first-order valence-corrected chi connectivity index (χ1v) is 8.80. The van der Waals surface area contributed by atoms with E-state index >= 15 is 0 Å². The number of benzene rings is 2. The fraction of sp³-hybridized carbons (Fsp3) is 0.455. The highest BCUT2D eigenvalue weighted by Crippen LogP contribution is 2.57. The van der Waals surface area contributed by atoms with Gasteiger partial charge >= 0.3 is 0 Å². The van der Waals surface area contributed by atoms with E-state index in [0.29, 0.717) is 11.8 Å². The number of hydrogen-bond acceptors (Lipinski definition) is 0.